The van der Waals surface area contributed by atoms with Crippen molar-refractivity contribution in [3.8, 4) is 5.75 Å². The highest BCUT2D eigenvalue weighted by atomic mass is 16.5. The van der Waals surface area contributed by atoms with Gasteiger partial charge in [-0.05, 0) is 44.9 Å². The van der Waals surface area contributed by atoms with Gasteiger partial charge in [0.2, 0.25) is 0 Å². The van der Waals surface area contributed by atoms with E-state index in [9.17, 15) is 9.59 Å². The zero-order valence-corrected chi connectivity index (χ0v) is 15.1. The summed E-state index contributed by atoms with van der Waals surface area (Å²) in [4.78, 5) is 31.0. The summed E-state index contributed by atoms with van der Waals surface area (Å²) < 4.78 is 5.72. The molecule has 1 N–H and O–H groups in total. The van der Waals surface area contributed by atoms with Crippen LogP contribution < -0.4 is 10.1 Å². The maximum absolute atomic E-state index is 12.6. The molecule has 1 aliphatic heterocycles. The van der Waals surface area contributed by atoms with Crippen LogP contribution in [-0.4, -0.2) is 40.9 Å². The summed E-state index contributed by atoms with van der Waals surface area (Å²) in [6.07, 6.45) is 5.00. The Hall–Kier alpha value is -2.89. The van der Waals surface area contributed by atoms with Crippen LogP contribution in [-0.2, 0) is 0 Å². The van der Waals surface area contributed by atoms with E-state index < -0.39 is 0 Å². The van der Waals surface area contributed by atoms with E-state index in [1.54, 1.807) is 23.1 Å². The molecule has 1 aliphatic rings. The Morgan fingerprint density at radius 3 is 2.54 bits per heavy atom. The number of hydrogen-bond acceptors (Lipinski definition) is 4. The zero-order chi connectivity index (χ0) is 18.5. The summed E-state index contributed by atoms with van der Waals surface area (Å²) in [5.74, 6) is 0.203. The van der Waals surface area contributed by atoms with Gasteiger partial charge in [0.05, 0.1) is 22.9 Å². The predicted octanol–water partition coefficient (Wildman–Crippen LogP) is 3.36. The number of para-hydroxylation sites is 2. The molecular weight excluding hydrogens is 330 g/mol. The number of nitrogens with zero attached hydrogens (tertiary/aromatic N) is 2. The fourth-order valence-corrected chi connectivity index (χ4v) is 2.90. The predicted molar refractivity (Wildman–Crippen MR) is 99.5 cm³/mol. The Bertz CT molecular complexity index is 798. The highest BCUT2D eigenvalue weighted by Gasteiger charge is 2.21. The van der Waals surface area contributed by atoms with E-state index in [2.05, 4.69) is 10.3 Å². The number of anilines is 1. The van der Waals surface area contributed by atoms with Crippen molar-refractivity contribution in [2.24, 2.45) is 0 Å². The molecule has 2 heterocycles. The summed E-state index contributed by atoms with van der Waals surface area (Å²) in [6, 6.07) is 8.86. The third-order valence-electron chi connectivity index (χ3n) is 4.14. The van der Waals surface area contributed by atoms with E-state index >= 15 is 0 Å². The number of rotatable bonds is 5. The van der Waals surface area contributed by atoms with Gasteiger partial charge in [-0.15, -0.1) is 0 Å². The number of pyridine rings is 1. The lowest BCUT2D eigenvalue weighted by Crippen LogP contribution is -2.28. The second-order valence-electron chi connectivity index (χ2n) is 6.58. The van der Waals surface area contributed by atoms with Crippen molar-refractivity contribution < 1.29 is 14.3 Å². The second kappa shape index (κ2) is 7.99. The first kappa shape index (κ1) is 17.9. The quantitative estimate of drug-likeness (QED) is 0.895. The molecule has 0 aliphatic carbocycles. The lowest BCUT2D eigenvalue weighted by Gasteiger charge is -2.16. The van der Waals surface area contributed by atoms with Crippen molar-refractivity contribution in [2.75, 3.05) is 18.4 Å². The highest BCUT2D eigenvalue weighted by Crippen LogP contribution is 2.25. The molecule has 1 saturated heterocycles. The van der Waals surface area contributed by atoms with E-state index in [4.69, 9.17) is 4.74 Å². The van der Waals surface area contributed by atoms with Gasteiger partial charge in [-0.25, -0.2) is 0 Å². The molecule has 0 radical (unpaired) electrons. The fourth-order valence-electron chi connectivity index (χ4n) is 2.90. The SMILES string of the molecule is CC(C)Oc1ccccc1NC(=O)c1cncc(C(=O)N2CCCC2)c1. The summed E-state index contributed by atoms with van der Waals surface area (Å²) in [5, 5.41) is 2.84. The average Bonchev–Trinajstić information content (AvgIpc) is 3.17. The third kappa shape index (κ3) is 4.20. The van der Waals surface area contributed by atoms with Gasteiger partial charge in [0.15, 0.2) is 0 Å². The van der Waals surface area contributed by atoms with Crippen molar-refractivity contribution >= 4 is 17.5 Å². The number of ether oxygens (including phenoxy) is 1. The Morgan fingerprint density at radius 1 is 1.12 bits per heavy atom. The number of aromatic nitrogens is 1. The molecule has 0 bridgehead atoms. The van der Waals surface area contributed by atoms with Gasteiger partial charge in [-0.2, -0.15) is 0 Å². The minimum Gasteiger partial charge on any atom is -0.489 e. The van der Waals surface area contributed by atoms with Crippen molar-refractivity contribution in [1.82, 2.24) is 9.88 Å². The summed E-state index contributed by atoms with van der Waals surface area (Å²) >= 11 is 0. The molecule has 2 aromatic rings. The lowest BCUT2D eigenvalue weighted by molar-refractivity contribution is 0.0792. The lowest BCUT2D eigenvalue weighted by atomic mass is 10.1. The van der Waals surface area contributed by atoms with Crippen LogP contribution in [0.2, 0.25) is 0 Å². The van der Waals surface area contributed by atoms with E-state index in [1.165, 1.54) is 12.4 Å². The van der Waals surface area contributed by atoms with Crippen molar-refractivity contribution in [3.63, 3.8) is 0 Å². The number of likely N-dealkylation sites (tertiary alicyclic amines) is 1. The van der Waals surface area contributed by atoms with E-state index in [0.29, 0.717) is 22.6 Å². The molecule has 1 aromatic carbocycles. The molecular formula is C20H23N3O3. The zero-order valence-electron chi connectivity index (χ0n) is 15.1. The van der Waals surface area contributed by atoms with E-state index in [0.717, 1.165) is 25.9 Å². The van der Waals surface area contributed by atoms with Crippen molar-refractivity contribution in [1.29, 1.82) is 0 Å². The molecule has 6 nitrogen and oxygen atoms in total. The second-order valence-corrected chi connectivity index (χ2v) is 6.58. The van der Waals surface area contributed by atoms with Crippen LogP contribution in [0, 0.1) is 0 Å². The van der Waals surface area contributed by atoms with Gasteiger partial charge in [0, 0.05) is 25.5 Å². The van der Waals surface area contributed by atoms with Gasteiger partial charge >= 0.3 is 0 Å². The molecule has 1 fully saturated rings. The highest BCUT2D eigenvalue weighted by molar-refractivity contribution is 6.06. The Labute approximate surface area is 153 Å². The molecule has 0 saturated carbocycles. The average molecular weight is 353 g/mol. The van der Waals surface area contributed by atoms with Crippen LogP contribution in [0.15, 0.2) is 42.7 Å². The number of hydrogen-bond donors (Lipinski definition) is 1. The monoisotopic (exact) mass is 353 g/mol. The molecule has 1 aromatic heterocycles. The van der Waals surface area contributed by atoms with Gasteiger partial charge in [-0.3, -0.25) is 14.6 Å². The van der Waals surface area contributed by atoms with Crippen LogP contribution in [0.3, 0.4) is 0 Å². The van der Waals surface area contributed by atoms with Gasteiger partial charge < -0.3 is 15.0 Å². The Kier molecular flexibility index (Phi) is 5.51. The molecule has 3 rings (SSSR count). The number of benzene rings is 1. The van der Waals surface area contributed by atoms with Gasteiger partial charge in [0.25, 0.3) is 11.8 Å². The van der Waals surface area contributed by atoms with E-state index in [1.807, 2.05) is 26.0 Å². The number of nitrogens with one attached hydrogen (secondary N) is 1. The van der Waals surface area contributed by atoms with Crippen LogP contribution >= 0.6 is 0 Å². The van der Waals surface area contributed by atoms with Crippen LogP contribution in [0.1, 0.15) is 47.4 Å². The Balaban J connectivity index is 1.76. The van der Waals surface area contributed by atoms with Gasteiger partial charge in [0.1, 0.15) is 5.75 Å². The topological polar surface area (TPSA) is 71.5 Å². The maximum Gasteiger partial charge on any atom is 0.257 e. The normalized spacial score (nSPS) is 13.7. The van der Waals surface area contributed by atoms with Crippen LogP contribution in [0.5, 0.6) is 5.75 Å². The standard InChI is InChI=1S/C20H23N3O3/c1-14(2)26-18-8-4-3-7-17(18)22-19(24)15-11-16(13-21-12-15)20(25)23-9-5-6-10-23/h3-4,7-8,11-14H,5-6,9-10H2,1-2H3,(H,22,24). The molecule has 2 amide bonds. The van der Waals surface area contributed by atoms with Crippen LogP contribution in [0.25, 0.3) is 0 Å². The summed E-state index contributed by atoms with van der Waals surface area (Å²) in [7, 11) is 0. The van der Waals surface area contributed by atoms with E-state index in [-0.39, 0.29) is 17.9 Å². The first-order chi connectivity index (χ1) is 12.5. The molecule has 0 unspecified atom stereocenters. The molecule has 6 heteroatoms. The smallest absolute Gasteiger partial charge is 0.257 e. The largest absolute Gasteiger partial charge is 0.489 e. The summed E-state index contributed by atoms with van der Waals surface area (Å²) in [6.45, 7) is 5.37. The first-order valence-corrected chi connectivity index (χ1v) is 8.86. The molecule has 0 atom stereocenters. The first-order valence-electron chi connectivity index (χ1n) is 8.86. The van der Waals surface area contributed by atoms with Crippen molar-refractivity contribution in [2.45, 2.75) is 32.8 Å². The number of amides is 2. The molecule has 0 spiro atoms. The minimum atomic E-state index is -0.326. The fraction of sp³-hybridized carbons (Fsp3) is 0.350. The minimum absolute atomic E-state index is 0.00358. The maximum atomic E-state index is 12.6. The number of carbonyl (C=O) groups excluding carboxylic acids is 2. The third-order valence-corrected chi connectivity index (χ3v) is 4.14. The van der Waals surface area contributed by atoms with Gasteiger partial charge in [-0.1, -0.05) is 12.1 Å². The molecule has 26 heavy (non-hydrogen) atoms. The van der Waals surface area contributed by atoms with Crippen LogP contribution in [0.4, 0.5) is 5.69 Å². The molecule has 136 valence electrons. The van der Waals surface area contributed by atoms with Crippen molar-refractivity contribution in [3.05, 3.63) is 53.9 Å². The Morgan fingerprint density at radius 2 is 1.81 bits per heavy atom. The summed E-state index contributed by atoms with van der Waals surface area (Å²) in [5.41, 5.74) is 1.36. The number of carbonyl (C=O) groups is 2.